The van der Waals surface area contributed by atoms with Gasteiger partial charge in [0.15, 0.2) is 20.7 Å². The highest BCUT2D eigenvalue weighted by molar-refractivity contribution is 7.91. The monoisotopic (exact) mass is 310 g/mol. The number of nitrogens with zero attached hydrogens (tertiary/aromatic N) is 1. The van der Waals surface area contributed by atoms with E-state index < -0.39 is 9.84 Å². The highest BCUT2D eigenvalue weighted by Crippen LogP contribution is 2.30. The average molecular weight is 310 g/mol. The van der Waals surface area contributed by atoms with E-state index in [-0.39, 0.29) is 29.4 Å². The Kier molecular flexibility index (Phi) is 3.06. The van der Waals surface area contributed by atoms with Gasteiger partial charge in [-0.2, -0.15) is 0 Å². The van der Waals surface area contributed by atoms with Gasteiger partial charge in [-0.1, -0.05) is 12.1 Å². The van der Waals surface area contributed by atoms with Gasteiger partial charge in [0, 0.05) is 11.3 Å². The molecule has 7 heteroatoms. The second-order valence-corrected chi connectivity index (χ2v) is 7.72. The van der Waals surface area contributed by atoms with E-state index in [1.54, 1.807) is 18.2 Å². The van der Waals surface area contributed by atoms with Crippen LogP contribution in [0.25, 0.3) is 0 Å². The molecule has 2 saturated heterocycles. The predicted octanol–water partition coefficient (Wildman–Crippen LogP) is 0.749. The van der Waals surface area contributed by atoms with Gasteiger partial charge in [0.2, 0.25) is 0 Å². The second kappa shape index (κ2) is 4.53. The first-order valence-corrected chi connectivity index (χ1v) is 8.51. The Morgan fingerprint density at radius 2 is 2.15 bits per heavy atom. The first-order chi connectivity index (χ1) is 9.37. The summed E-state index contributed by atoms with van der Waals surface area (Å²) >= 11 is 5.30. The number of anilines is 1. The predicted molar refractivity (Wildman–Crippen MR) is 80.9 cm³/mol. The van der Waals surface area contributed by atoms with E-state index in [1.807, 2.05) is 11.0 Å². The number of sulfone groups is 1. The molecule has 2 heterocycles. The van der Waals surface area contributed by atoms with Crippen LogP contribution in [0.1, 0.15) is 17.3 Å². The van der Waals surface area contributed by atoms with E-state index in [2.05, 4.69) is 5.32 Å². The fourth-order valence-corrected chi connectivity index (χ4v) is 5.07. The van der Waals surface area contributed by atoms with Gasteiger partial charge in [0.05, 0.1) is 23.6 Å². The number of hydrogen-bond donors (Lipinski definition) is 1. The molecule has 0 bridgehead atoms. The van der Waals surface area contributed by atoms with Crippen LogP contribution in [-0.2, 0) is 9.84 Å². The number of carbonyl (C=O) groups is 1. The molecular formula is C13H14N2O3S2. The molecule has 3 rings (SSSR count). The normalized spacial score (nSPS) is 27.2. The molecule has 20 heavy (non-hydrogen) atoms. The number of benzene rings is 1. The topological polar surface area (TPSA) is 66.5 Å². The van der Waals surface area contributed by atoms with Crippen LogP contribution in [0, 0.1) is 0 Å². The summed E-state index contributed by atoms with van der Waals surface area (Å²) in [6.07, 6.45) is 0. The molecule has 0 aromatic heterocycles. The second-order valence-electron chi connectivity index (χ2n) is 5.18. The molecule has 106 valence electrons. The molecule has 5 nitrogen and oxygen atoms in total. The molecule has 0 spiro atoms. The largest absolute Gasteiger partial charge is 0.356 e. The third kappa shape index (κ3) is 2.20. The number of thiocarbonyl (C=S) groups is 1. The first kappa shape index (κ1) is 13.5. The lowest BCUT2D eigenvalue weighted by Gasteiger charge is -2.23. The number of ketones is 1. The van der Waals surface area contributed by atoms with Gasteiger partial charge in [-0.3, -0.25) is 4.79 Å². The third-order valence-electron chi connectivity index (χ3n) is 3.71. The Bertz CT molecular complexity index is 699. The molecule has 1 aromatic carbocycles. The quantitative estimate of drug-likeness (QED) is 0.642. The van der Waals surface area contributed by atoms with E-state index in [9.17, 15) is 13.2 Å². The third-order valence-corrected chi connectivity index (χ3v) is 5.74. The van der Waals surface area contributed by atoms with Crippen LogP contribution in [0.2, 0.25) is 0 Å². The molecule has 2 aliphatic rings. The standard InChI is InChI=1S/C13H14N2O3S2/c1-8(16)9-3-2-4-10(5-9)15-12-7-20(17,18)6-11(12)14-13(15)19/h2-5,11-12H,6-7H2,1H3,(H,14,19)/t11-,12-/m1/s1. The van der Waals surface area contributed by atoms with Gasteiger partial charge in [0.25, 0.3) is 0 Å². The average Bonchev–Trinajstić information content (AvgIpc) is 2.79. The summed E-state index contributed by atoms with van der Waals surface area (Å²) in [7, 11) is -3.03. The Morgan fingerprint density at radius 1 is 1.40 bits per heavy atom. The SMILES string of the molecule is CC(=O)c1cccc(N2C(=S)N[C@@H]3CS(=O)(=O)C[C@H]32)c1. The maximum atomic E-state index is 11.7. The summed E-state index contributed by atoms with van der Waals surface area (Å²) in [5, 5.41) is 3.59. The highest BCUT2D eigenvalue weighted by atomic mass is 32.2. The number of nitrogens with one attached hydrogen (secondary N) is 1. The minimum atomic E-state index is -3.03. The molecule has 2 aliphatic heterocycles. The maximum Gasteiger partial charge on any atom is 0.174 e. The Balaban J connectivity index is 1.99. The molecule has 2 atom stereocenters. The summed E-state index contributed by atoms with van der Waals surface area (Å²) in [4.78, 5) is 13.3. The molecule has 0 unspecified atom stereocenters. The van der Waals surface area contributed by atoms with Crippen molar-refractivity contribution in [2.24, 2.45) is 0 Å². The van der Waals surface area contributed by atoms with Crippen LogP contribution in [0.3, 0.4) is 0 Å². The van der Waals surface area contributed by atoms with E-state index in [1.165, 1.54) is 6.92 Å². The number of Topliss-reactive ketones (excluding diaryl/α,β-unsaturated/α-hetero) is 1. The smallest absolute Gasteiger partial charge is 0.174 e. The Morgan fingerprint density at radius 3 is 2.85 bits per heavy atom. The van der Waals surface area contributed by atoms with E-state index in [0.717, 1.165) is 5.69 Å². The van der Waals surface area contributed by atoms with E-state index in [4.69, 9.17) is 12.2 Å². The van der Waals surface area contributed by atoms with Gasteiger partial charge in [0.1, 0.15) is 0 Å². The molecule has 0 radical (unpaired) electrons. The Hall–Kier alpha value is -1.47. The zero-order chi connectivity index (χ0) is 14.5. The van der Waals surface area contributed by atoms with Crippen molar-refractivity contribution in [2.45, 2.75) is 19.0 Å². The van der Waals surface area contributed by atoms with Gasteiger partial charge in [-0.25, -0.2) is 8.42 Å². The molecule has 1 N–H and O–H groups in total. The molecule has 0 aliphatic carbocycles. The number of hydrogen-bond acceptors (Lipinski definition) is 4. The maximum absolute atomic E-state index is 11.7. The van der Waals surface area contributed by atoms with Crippen LogP contribution < -0.4 is 10.2 Å². The number of carbonyl (C=O) groups excluding carboxylic acids is 1. The first-order valence-electron chi connectivity index (χ1n) is 6.28. The fourth-order valence-electron chi connectivity index (χ4n) is 2.78. The zero-order valence-corrected chi connectivity index (χ0v) is 12.5. The van der Waals surface area contributed by atoms with E-state index >= 15 is 0 Å². The highest BCUT2D eigenvalue weighted by Gasteiger charge is 2.47. The van der Waals surface area contributed by atoms with Crippen molar-refractivity contribution in [1.29, 1.82) is 0 Å². The van der Waals surface area contributed by atoms with Crippen molar-refractivity contribution in [1.82, 2.24) is 5.32 Å². The zero-order valence-electron chi connectivity index (χ0n) is 10.9. The van der Waals surface area contributed by atoms with Crippen molar-refractivity contribution in [3.05, 3.63) is 29.8 Å². The summed E-state index contributed by atoms with van der Waals surface area (Å²) in [6.45, 7) is 1.50. The lowest BCUT2D eigenvalue weighted by Crippen LogP contribution is -2.36. The van der Waals surface area contributed by atoms with Crippen LogP contribution in [0.5, 0.6) is 0 Å². The molecular weight excluding hydrogens is 296 g/mol. The molecule has 0 amide bonds. The van der Waals surface area contributed by atoms with Crippen LogP contribution in [0.4, 0.5) is 5.69 Å². The summed E-state index contributed by atoms with van der Waals surface area (Å²) in [6, 6.07) is 6.77. The van der Waals surface area contributed by atoms with Crippen molar-refractivity contribution in [3.63, 3.8) is 0 Å². The van der Waals surface area contributed by atoms with Crippen molar-refractivity contribution in [3.8, 4) is 0 Å². The van der Waals surface area contributed by atoms with Crippen molar-refractivity contribution in [2.75, 3.05) is 16.4 Å². The summed E-state index contributed by atoms with van der Waals surface area (Å²) < 4.78 is 23.5. The van der Waals surface area contributed by atoms with Crippen LogP contribution in [-0.4, -0.2) is 42.9 Å². The summed E-state index contributed by atoms with van der Waals surface area (Å²) in [5.41, 5.74) is 1.36. The summed E-state index contributed by atoms with van der Waals surface area (Å²) in [5.74, 6) is 0.177. The molecule has 2 fully saturated rings. The van der Waals surface area contributed by atoms with Gasteiger partial charge in [-0.05, 0) is 31.3 Å². The van der Waals surface area contributed by atoms with E-state index in [0.29, 0.717) is 10.7 Å². The van der Waals surface area contributed by atoms with Crippen molar-refractivity contribution >= 4 is 38.6 Å². The molecule has 0 saturated carbocycles. The van der Waals surface area contributed by atoms with Crippen LogP contribution >= 0.6 is 12.2 Å². The van der Waals surface area contributed by atoms with Crippen molar-refractivity contribution < 1.29 is 13.2 Å². The molecule has 1 aromatic rings. The van der Waals surface area contributed by atoms with Gasteiger partial charge >= 0.3 is 0 Å². The fraction of sp³-hybridized carbons (Fsp3) is 0.385. The van der Waals surface area contributed by atoms with Gasteiger partial charge < -0.3 is 10.2 Å². The van der Waals surface area contributed by atoms with Gasteiger partial charge in [-0.15, -0.1) is 0 Å². The Labute approximate surface area is 122 Å². The number of rotatable bonds is 2. The van der Waals surface area contributed by atoms with Crippen LogP contribution in [0.15, 0.2) is 24.3 Å². The lowest BCUT2D eigenvalue weighted by molar-refractivity contribution is 0.101. The lowest BCUT2D eigenvalue weighted by atomic mass is 10.1. The number of fused-ring (bicyclic) bond motifs is 1. The minimum absolute atomic E-state index is 0.0273. The minimum Gasteiger partial charge on any atom is -0.356 e.